The summed E-state index contributed by atoms with van der Waals surface area (Å²) >= 11 is 0. The van der Waals surface area contributed by atoms with Gasteiger partial charge in [0.2, 0.25) is 0 Å². The molecule has 2 rings (SSSR count). The smallest absolute Gasteiger partial charge is 0.165 e. The first-order valence-electron chi connectivity index (χ1n) is 7.81. The highest BCUT2D eigenvalue weighted by Gasteiger charge is 2.24. The molecule has 1 aromatic heterocycles. The van der Waals surface area contributed by atoms with Gasteiger partial charge in [-0.25, -0.2) is 4.68 Å². The zero-order chi connectivity index (χ0) is 14.2. The van der Waals surface area contributed by atoms with E-state index >= 15 is 0 Å². The lowest BCUT2D eigenvalue weighted by atomic mass is 9.83. The highest BCUT2D eigenvalue weighted by molar-refractivity contribution is 4.86. The van der Waals surface area contributed by atoms with Crippen LogP contribution in [0.5, 0.6) is 0 Å². The van der Waals surface area contributed by atoms with Crippen molar-refractivity contribution in [2.75, 3.05) is 20.3 Å². The molecule has 0 bridgehead atoms. The number of hydrogen-bond acceptors (Lipinski definition) is 5. The Morgan fingerprint density at radius 2 is 2.10 bits per heavy atom. The summed E-state index contributed by atoms with van der Waals surface area (Å²) in [6, 6.07) is 0.484. The molecule has 1 saturated carbocycles. The molecule has 1 aliphatic rings. The fraction of sp³-hybridized carbons (Fsp3) is 0.929. The molecule has 0 unspecified atom stereocenters. The normalized spacial score (nSPS) is 23.1. The van der Waals surface area contributed by atoms with Gasteiger partial charge in [0.1, 0.15) is 0 Å². The molecule has 1 aromatic rings. The van der Waals surface area contributed by atoms with Crippen molar-refractivity contribution in [2.45, 2.75) is 58.0 Å². The Morgan fingerprint density at radius 1 is 1.30 bits per heavy atom. The molecule has 114 valence electrons. The topological polar surface area (TPSA) is 64.9 Å². The van der Waals surface area contributed by atoms with Crippen LogP contribution in [-0.4, -0.2) is 40.5 Å². The Balaban J connectivity index is 1.82. The van der Waals surface area contributed by atoms with Crippen molar-refractivity contribution in [2.24, 2.45) is 5.92 Å². The Hall–Kier alpha value is -1.01. The van der Waals surface area contributed by atoms with E-state index in [1.807, 2.05) is 4.68 Å². The van der Waals surface area contributed by atoms with E-state index in [2.05, 4.69) is 27.8 Å². The van der Waals surface area contributed by atoms with Crippen molar-refractivity contribution >= 4 is 0 Å². The minimum atomic E-state index is 0.484. The van der Waals surface area contributed by atoms with Gasteiger partial charge in [-0.1, -0.05) is 19.8 Å². The van der Waals surface area contributed by atoms with Crippen LogP contribution >= 0.6 is 0 Å². The average molecular weight is 281 g/mol. The van der Waals surface area contributed by atoms with E-state index in [0.717, 1.165) is 18.3 Å². The van der Waals surface area contributed by atoms with Crippen LogP contribution in [0.25, 0.3) is 0 Å². The summed E-state index contributed by atoms with van der Waals surface area (Å²) in [6.07, 6.45) is 7.72. The summed E-state index contributed by atoms with van der Waals surface area (Å²) in [5, 5.41) is 15.5. The number of hydrogen-bond donors (Lipinski definition) is 1. The van der Waals surface area contributed by atoms with Crippen LogP contribution in [0.2, 0.25) is 0 Å². The van der Waals surface area contributed by atoms with Gasteiger partial charge in [-0.15, -0.1) is 5.10 Å². The summed E-state index contributed by atoms with van der Waals surface area (Å²) in [5.74, 6) is 1.86. The van der Waals surface area contributed by atoms with E-state index in [0.29, 0.717) is 19.2 Å². The van der Waals surface area contributed by atoms with Crippen molar-refractivity contribution in [1.82, 2.24) is 25.5 Å². The molecule has 6 heteroatoms. The summed E-state index contributed by atoms with van der Waals surface area (Å²) < 4.78 is 7.05. The van der Waals surface area contributed by atoms with E-state index in [-0.39, 0.29) is 0 Å². The molecule has 0 spiro atoms. The van der Waals surface area contributed by atoms with Gasteiger partial charge in [0.25, 0.3) is 0 Å². The second-order valence-corrected chi connectivity index (χ2v) is 5.67. The lowest BCUT2D eigenvalue weighted by Gasteiger charge is -2.28. The molecule has 0 radical (unpaired) electrons. The molecule has 20 heavy (non-hydrogen) atoms. The fourth-order valence-corrected chi connectivity index (χ4v) is 3.07. The van der Waals surface area contributed by atoms with Crippen molar-refractivity contribution in [3.8, 4) is 0 Å². The predicted molar refractivity (Wildman–Crippen MR) is 77.3 cm³/mol. The van der Waals surface area contributed by atoms with Crippen LogP contribution in [0.1, 0.15) is 57.3 Å². The van der Waals surface area contributed by atoms with Gasteiger partial charge >= 0.3 is 0 Å². The van der Waals surface area contributed by atoms with E-state index in [9.17, 15) is 0 Å². The Morgan fingerprint density at radius 3 is 2.80 bits per heavy atom. The Bertz CT molecular complexity index is 373. The maximum atomic E-state index is 5.02. The van der Waals surface area contributed by atoms with Crippen LogP contribution in [0.4, 0.5) is 0 Å². The quantitative estimate of drug-likeness (QED) is 0.738. The van der Waals surface area contributed by atoms with Gasteiger partial charge in [-0.2, -0.15) is 0 Å². The molecule has 6 nitrogen and oxygen atoms in total. The summed E-state index contributed by atoms with van der Waals surface area (Å²) in [4.78, 5) is 0. The number of nitrogens with zero attached hydrogens (tertiary/aromatic N) is 4. The van der Waals surface area contributed by atoms with Crippen LogP contribution in [0.3, 0.4) is 0 Å². The maximum Gasteiger partial charge on any atom is 0.165 e. The number of tetrazole rings is 1. The number of rotatable bonds is 8. The fourth-order valence-electron chi connectivity index (χ4n) is 3.07. The molecule has 1 fully saturated rings. The van der Waals surface area contributed by atoms with Gasteiger partial charge in [-0.3, -0.25) is 0 Å². The Kier molecular flexibility index (Phi) is 6.39. The van der Waals surface area contributed by atoms with E-state index in [1.165, 1.54) is 38.5 Å². The molecule has 0 amide bonds. The highest BCUT2D eigenvalue weighted by atomic mass is 16.5. The second kappa shape index (κ2) is 8.32. The van der Waals surface area contributed by atoms with Gasteiger partial charge < -0.3 is 10.1 Å². The van der Waals surface area contributed by atoms with Gasteiger partial charge in [-0.05, 0) is 42.0 Å². The molecule has 0 aliphatic heterocycles. The monoisotopic (exact) mass is 281 g/mol. The predicted octanol–water partition coefficient (Wildman–Crippen LogP) is 1.94. The summed E-state index contributed by atoms with van der Waals surface area (Å²) in [6.45, 7) is 4.53. The third-order valence-electron chi connectivity index (χ3n) is 4.19. The van der Waals surface area contributed by atoms with Crippen molar-refractivity contribution in [3.05, 3.63) is 5.82 Å². The third-order valence-corrected chi connectivity index (χ3v) is 4.19. The second-order valence-electron chi connectivity index (χ2n) is 5.67. The molecule has 1 aliphatic carbocycles. The van der Waals surface area contributed by atoms with Gasteiger partial charge in [0, 0.05) is 13.7 Å². The maximum absolute atomic E-state index is 5.02. The van der Waals surface area contributed by atoms with Crippen LogP contribution in [0, 0.1) is 5.92 Å². The largest absolute Gasteiger partial charge is 0.383 e. The van der Waals surface area contributed by atoms with E-state index in [1.54, 1.807) is 7.11 Å². The molecule has 1 N–H and O–H groups in total. The van der Waals surface area contributed by atoms with Crippen molar-refractivity contribution in [3.63, 3.8) is 0 Å². The van der Waals surface area contributed by atoms with Crippen LogP contribution in [-0.2, 0) is 11.3 Å². The first-order chi connectivity index (χ1) is 9.85. The molecule has 0 atom stereocenters. The van der Waals surface area contributed by atoms with E-state index < -0.39 is 0 Å². The van der Waals surface area contributed by atoms with Gasteiger partial charge in [0.05, 0.1) is 19.2 Å². The third kappa shape index (κ3) is 4.24. The molecular formula is C14H27N5O. The van der Waals surface area contributed by atoms with Crippen LogP contribution < -0.4 is 5.32 Å². The molecule has 0 saturated heterocycles. The molecule has 0 aromatic carbocycles. The lowest BCUT2D eigenvalue weighted by Crippen LogP contribution is -2.25. The zero-order valence-corrected chi connectivity index (χ0v) is 12.7. The summed E-state index contributed by atoms with van der Waals surface area (Å²) in [7, 11) is 1.71. The first-order valence-corrected chi connectivity index (χ1v) is 7.81. The molecule has 1 heterocycles. The zero-order valence-electron chi connectivity index (χ0n) is 12.7. The number of nitrogens with one attached hydrogen (secondary N) is 1. The number of ether oxygens (including phenoxy) is 1. The average Bonchev–Trinajstić information content (AvgIpc) is 2.93. The number of methoxy groups -OCH3 is 1. The minimum Gasteiger partial charge on any atom is -0.383 e. The lowest BCUT2D eigenvalue weighted by molar-refractivity contribution is 0.198. The first kappa shape index (κ1) is 15.4. The van der Waals surface area contributed by atoms with Crippen molar-refractivity contribution in [1.29, 1.82) is 0 Å². The Labute approximate surface area is 121 Å². The standard InChI is InChI=1S/C14H27N5O/c1-3-4-12-5-7-13(8-6-12)19-14(16-17-18-19)11-15-9-10-20-2/h12-13,15H,3-11H2,1-2H3. The SMILES string of the molecule is CCCC1CCC(n2nnnc2CNCCOC)CC1. The highest BCUT2D eigenvalue weighted by Crippen LogP contribution is 2.34. The summed E-state index contributed by atoms with van der Waals surface area (Å²) in [5.41, 5.74) is 0. The van der Waals surface area contributed by atoms with Crippen LogP contribution in [0.15, 0.2) is 0 Å². The van der Waals surface area contributed by atoms with Gasteiger partial charge in [0.15, 0.2) is 5.82 Å². The molecular weight excluding hydrogens is 254 g/mol. The van der Waals surface area contributed by atoms with E-state index in [4.69, 9.17) is 4.74 Å². The minimum absolute atomic E-state index is 0.484. The van der Waals surface area contributed by atoms with Crippen molar-refractivity contribution < 1.29 is 4.74 Å². The number of aromatic nitrogens is 4.